The smallest absolute Gasteiger partial charge is 0.239 e. The van der Waals surface area contributed by atoms with Crippen LogP contribution < -0.4 is 16.4 Å². The SMILES string of the molecule is Nc1n[nH]c(-c2cc(Br)ccc2CNC(=O)C2CCNCC2)n1. The van der Waals surface area contributed by atoms with Gasteiger partial charge in [-0.1, -0.05) is 22.0 Å². The Bertz CT molecular complexity index is 695. The number of nitrogens with two attached hydrogens (primary N) is 1. The number of nitrogens with zero attached hydrogens (tertiary/aromatic N) is 2. The highest BCUT2D eigenvalue weighted by Gasteiger charge is 2.21. The minimum absolute atomic E-state index is 0.0936. The maximum absolute atomic E-state index is 12.3. The molecule has 1 aliphatic heterocycles. The minimum atomic E-state index is 0.0936. The van der Waals surface area contributed by atoms with Crippen molar-refractivity contribution in [1.29, 1.82) is 0 Å². The molecular formula is C15H19BrN6O. The molecule has 2 aromatic rings. The summed E-state index contributed by atoms with van der Waals surface area (Å²) in [5.41, 5.74) is 7.42. The quantitative estimate of drug-likeness (QED) is 0.643. The Balaban J connectivity index is 1.73. The summed E-state index contributed by atoms with van der Waals surface area (Å²) < 4.78 is 0.927. The Labute approximate surface area is 142 Å². The van der Waals surface area contributed by atoms with Crippen LogP contribution in [-0.4, -0.2) is 34.2 Å². The van der Waals surface area contributed by atoms with E-state index < -0.39 is 0 Å². The maximum Gasteiger partial charge on any atom is 0.239 e. The van der Waals surface area contributed by atoms with Crippen LogP contribution in [0.2, 0.25) is 0 Å². The van der Waals surface area contributed by atoms with Crippen molar-refractivity contribution in [1.82, 2.24) is 25.8 Å². The number of amides is 1. The first-order chi connectivity index (χ1) is 11.1. The number of nitrogen functional groups attached to an aromatic ring is 1. The number of carbonyl (C=O) groups is 1. The van der Waals surface area contributed by atoms with Gasteiger partial charge in [0.25, 0.3) is 0 Å². The second-order valence-electron chi connectivity index (χ2n) is 5.59. The van der Waals surface area contributed by atoms with Gasteiger partial charge in [0.1, 0.15) is 0 Å². The monoisotopic (exact) mass is 378 g/mol. The van der Waals surface area contributed by atoms with Gasteiger partial charge in [-0.3, -0.25) is 9.89 Å². The van der Waals surface area contributed by atoms with Gasteiger partial charge in [0.05, 0.1) is 0 Å². The van der Waals surface area contributed by atoms with Gasteiger partial charge < -0.3 is 16.4 Å². The molecule has 0 spiro atoms. The predicted octanol–water partition coefficient (Wildman–Crippen LogP) is 1.43. The van der Waals surface area contributed by atoms with Crippen molar-refractivity contribution in [3.63, 3.8) is 0 Å². The Hall–Kier alpha value is -1.93. The van der Waals surface area contributed by atoms with E-state index in [0.29, 0.717) is 12.4 Å². The molecule has 0 radical (unpaired) electrons. The molecule has 122 valence electrons. The highest BCUT2D eigenvalue weighted by Crippen LogP contribution is 2.25. The molecule has 0 unspecified atom stereocenters. The van der Waals surface area contributed by atoms with E-state index in [1.165, 1.54) is 0 Å². The third-order valence-electron chi connectivity index (χ3n) is 3.99. The van der Waals surface area contributed by atoms with Crippen molar-refractivity contribution >= 4 is 27.8 Å². The Morgan fingerprint density at radius 1 is 1.39 bits per heavy atom. The number of rotatable bonds is 4. The lowest BCUT2D eigenvalue weighted by atomic mass is 9.97. The summed E-state index contributed by atoms with van der Waals surface area (Å²) in [5, 5.41) is 13.0. The molecule has 8 heteroatoms. The van der Waals surface area contributed by atoms with Gasteiger partial charge in [-0.05, 0) is 43.6 Å². The number of aromatic amines is 1. The molecule has 3 rings (SSSR count). The summed E-state index contributed by atoms with van der Waals surface area (Å²) in [6, 6.07) is 5.84. The molecule has 1 aromatic heterocycles. The Morgan fingerprint density at radius 2 is 2.17 bits per heavy atom. The van der Waals surface area contributed by atoms with Crippen LogP contribution in [0.25, 0.3) is 11.4 Å². The topological polar surface area (TPSA) is 109 Å². The van der Waals surface area contributed by atoms with Crippen LogP contribution in [0.5, 0.6) is 0 Å². The number of piperidine rings is 1. The van der Waals surface area contributed by atoms with Crippen LogP contribution in [-0.2, 0) is 11.3 Å². The average Bonchev–Trinajstić information content (AvgIpc) is 3.00. The molecule has 0 bridgehead atoms. The summed E-state index contributed by atoms with van der Waals surface area (Å²) in [5.74, 6) is 0.994. The molecule has 0 atom stereocenters. The van der Waals surface area contributed by atoms with E-state index in [1.54, 1.807) is 0 Å². The Kier molecular flexibility index (Phi) is 4.92. The van der Waals surface area contributed by atoms with E-state index in [1.807, 2.05) is 18.2 Å². The van der Waals surface area contributed by atoms with Crippen molar-refractivity contribution in [2.75, 3.05) is 18.8 Å². The van der Waals surface area contributed by atoms with Crippen molar-refractivity contribution in [2.45, 2.75) is 19.4 Å². The minimum Gasteiger partial charge on any atom is -0.366 e. The van der Waals surface area contributed by atoms with Gasteiger partial charge in [0.15, 0.2) is 5.82 Å². The highest BCUT2D eigenvalue weighted by atomic mass is 79.9. The third-order valence-corrected chi connectivity index (χ3v) is 4.49. The van der Waals surface area contributed by atoms with Crippen molar-refractivity contribution in [3.05, 3.63) is 28.2 Å². The number of hydrogen-bond donors (Lipinski definition) is 4. The molecular weight excluding hydrogens is 360 g/mol. The number of carbonyl (C=O) groups excluding carboxylic acids is 1. The van der Waals surface area contributed by atoms with Gasteiger partial charge in [0, 0.05) is 22.5 Å². The first-order valence-corrected chi connectivity index (χ1v) is 8.38. The number of halogens is 1. The van der Waals surface area contributed by atoms with Gasteiger partial charge >= 0.3 is 0 Å². The molecule has 2 heterocycles. The van der Waals surface area contributed by atoms with Crippen LogP contribution in [0.4, 0.5) is 5.95 Å². The average molecular weight is 379 g/mol. The zero-order chi connectivity index (χ0) is 16.2. The van der Waals surface area contributed by atoms with Crippen LogP contribution in [0.3, 0.4) is 0 Å². The number of benzene rings is 1. The molecule has 0 saturated carbocycles. The van der Waals surface area contributed by atoms with Gasteiger partial charge in [-0.15, -0.1) is 5.10 Å². The first-order valence-electron chi connectivity index (χ1n) is 7.58. The second kappa shape index (κ2) is 7.10. The molecule has 23 heavy (non-hydrogen) atoms. The lowest BCUT2D eigenvalue weighted by Crippen LogP contribution is -2.37. The molecule has 5 N–H and O–H groups in total. The Morgan fingerprint density at radius 3 is 2.87 bits per heavy atom. The third kappa shape index (κ3) is 3.89. The van der Waals surface area contributed by atoms with E-state index in [-0.39, 0.29) is 17.8 Å². The maximum atomic E-state index is 12.3. The summed E-state index contributed by atoms with van der Waals surface area (Å²) in [6.45, 7) is 2.25. The summed E-state index contributed by atoms with van der Waals surface area (Å²) in [6.07, 6.45) is 1.77. The van der Waals surface area contributed by atoms with Gasteiger partial charge in [-0.25, -0.2) is 0 Å². The van der Waals surface area contributed by atoms with E-state index >= 15 is 0 Å². The van der Waals surface area contributed by atoms with Crippen molar-refractivity contribution < 1.29 is 4.79 Å². The van der Waals surface area contributed by atoms with E-state index in [2.05, 4.69) is 41.7 Å². The molecule has 1 fully saturated rings. The van der Waals surface area contributed by atoms with Crippen molar-refractivity contribution in [2.24, 2.45) is 5.92 Å². The normalized spacial score (nSPS) is 15.5. The van der Waals surface area contributed by atoms with Crippen LogP contribution >= 0.6 is 15.9 Å². The molecule has 1 aromatic carbocycles. The fourth-order valence-corrected chi connectivity index (χ4v) is 3.09. The van der Waals surface area contributed by atoms with Crippen LogP contribution in [0.15, 0.2) is 22.7 Å². The lowest BCUT2D eigenvalue weighted by Gasteiger charge is -2.22. The second-order valence-corrected chi connectivity index (χ2v) is 6.50. The molecule has 1 saturated heterocycles. The molecule has 0 aliphatic carbocycles. The number of hydrogen-bond acceptors (Lipinski definition) is 5. The zero-order valence-corrected chi connectivity index (χ0v) is 14.2. The zero-order valence-electron chi connectivity index (χ0n) is 12.6. The van der Waals surface area contributed by atoms with Gasteiger partial charge in [0.2, 0.25) is 11.9 Å². The number of aromatic nitrogens is 3. The summed E-state index contributed by atoms with van der Waals surface area (Å²) in [7, 11) is 0. The lowest BCUT2D eigenvalue weighted by molar-refractivity contribution is -0.125. The molecule has 7 nitrogen and oxygen atoms in total. The predicted molar refractivity (Wildman–Crippen MR) is 91.4 cm³/mol. The fraction of sp³-hybridized carbons (Fsp3) is 0.400. The van der Waals surface area contributed by atoms with Crippen LogP contribution in [0.1, 0.15) is 18.4 Å². The van der Waals surface area contributed by atoms with E-state index in [4.69, 9.17) is 5.73 Å². The van der Waals surface area contributed by atoms with Crippen molar-refractivity contribution in [3.8, 4) is 11.4 Å². The number of nitrogens with one attached hydrogen (secondary N) is 3. The number of anilines is 1. The highest BCUT2D eigenvalue weighted by molar-refractivity contribution is 9.10. The van der Waals surface area contributed by atoms with Gasteiger partial charge in [-0.2, -0.15) is 4.98 Å². The standard InChI is InChI=1S/C15H19BrN6O/c16-11-2-1-10(12(7-11)13-20-15(17)22-21-13)8-19-14(23)9-3-5-18-6-4-9/h1-2,7,9,18H,3-6,8H2,(H,19,23)(H3,17,20,21,22). The van der Waals surface area contributed by atoms with E-state index in [9.17, 15) is 4.79 Å². The largest absolute Gasteiger partial charge is 0.366 e. The van der Waals surface area contributed by atoms with Crippen LogP contribution in [0, 0.1) is 5.92 Å². The summed E-state index contributed by atoms with van der Waals surface area (Å²) >= 11 is 3.46. The molecule has 1 amide bonds. The number of H-pyrrole nitrogens is 1. The fourth-order valence-electron chi connectivity index (χ4n) is 2.73. The summed E-state index contributed by atoms with van der Waals surface area (Å²) in [4.78, 5) is 16.5. The molecule has 1 aliphatic rings. The first kappa shape index (κ1) is 15.9. The van der Waals surface area contributed by atoms with E-state index in [0.717, 1.165) is 41.5 Å².